The number of anilines is 1. The van der Waals surface area contributed by atoms with Crippen molar-refractivity contribution in [2.75, 3.05) is 5.32 Å². The molecule has 0 aliphatic heterocycles. The van der Waals surface area contributed by atoms with Crippen molar-refractivity contribution < 1.29 is 4.79 Å². The van der Waals surface area contributed by atoms with Gasteiger partial charge in [0.25, 0.3) is 0 Å². The van der Waals surface area contributed by atoms with Crippen LogP contribution in [-0.2, 0) is 4.79 Å². The molecule has 0 radical (unpaired) electrons. The number of rotatable bonds is 2. The molecular weight excluding hydrogens is 255 g/mol. The molecule has 1 unspecified atom stereocenters. The van der Waals surface area contributed by atoms with E-state index in [4.69, 9.17) is 11.6 Å². The summed E-state index contributed by atoms with van der Waals surface area (Å²) in [4.78, 5) is 14.8. The Morgan fingerprint density at radius 1 is 1.77 bits per heavy atom. The lowest BCUT2D eigenvalue weighted by Crippen LogP contribution is -2.19. The van der Waals surface area contributed by atoms with Crippen molar-refractivity contribution in [1.29, 1.82) is 0 Å². The molecule has 0 saturated carbocycles. The summed E-state index contributed by atoms with van der Waals surface area (Å²) in [6, 6.07) is 3.27. The van der Waals surface area contributed by atoms with Crippen molar-refractivity contribution >= 4 is 39.1 Å². The highest BCUT2D eigenvalue weighted by Gasteiger charge is 2.08. The summed E-state index contributed by atoms with van der Waals surface area (Å²) in [7, 11) is 0. The number of aromatic nitrogens is 1. The first-order valence-electron chi connectivity index (χ1n) is 3.66. The molecule has 1 aromatic rings. The first-order valence-corrected chi connectivity index (χ1v) is 4.95. The lowest BCUT2D eigenvalue weighted by atomic mass is 10.4. The van der Waals surface area contributed by atoms with E-state index in [0.717, 1.165) is 0 Å². The van der Waals surface area contributed by atoms with Gasteiger partial charge in [0.15, 0.2) is 0 Å². The van der Waals surface area contributed by atoms with Crippen LogP contribution in [0.25, 0.3) is 0 Å². The Morgan fingerprint density at radius 3 is 3.00 bits per heavy atom. The highest BCUT2D eigenvalue weighted by atomic mass is 79.9. The van der Waals surface area contributed by atoms with Gasteiger partial charge in [0.1, 0.15) is 5.15 Å². The molecule has 0 aliphatic carbocycles. The average molecular weight is 264 g/mol. The third kappa shape index (κ3) is 3.32. The third-order valence-corrected chi connectivity index (χ3v) is 1.98. The molecule has 1 N–H and O–H groups in total. The number of halogens is 2. The van der Waals surface area contributed by atoms with Crippen molar-refractivity contribution in [3.63, 3.8) is 0 Å². The topological polar surface area (TPSA) is 42.0 Å². The summed E-state index contributed by atoms with van der Waals surface area (Å²) in [5.74, 6) is -0.109. The predicted molar refractivity (Wildman–Crippen MR) is 56.3 cm³/mol. The van der Waals surface area contributed by atoms with E-state index in [2.05, 4.69) is 26.2 Å². The molecule has 1 amide bonds. The Balaban J connectivity index is 2.69. The maximum atomic E-state index is 11.2. The van der Waals surface area contributed by atoms with Gasteiger partial charge < -0.3 is 5.32 Å². The van der Waals surface area contributed by atoms with E-state index >= 15 is 0 Å². The minimum absolute atomic E-state index is 0.109. The summed E-state index contributed by atoms with van der Waals surface area (Å²) in [6.07, 6.45) is 1.54. The third-order valence-electron chi connectivity index (χ3n) is 1.36. The van der Waals surface area contributed by atoms with Crippen molar-refractivity contribution in [3.05, 3.63) is 23.5 Å². The molecule has 1 rings (SSSR count). The van der Waals surface area contributed by atoms with Crippen LogP contribution in [0.5, 0.6) is 0 Å². The first kappa shape index (κ1) is 10.5. The molecule has 0 fully saturated rings. The van der Waals surface area contributed by atoms with Crippen LogP contribution >= 0.6 is 27.5 Å². The van der Waals surface area contributed by atoms with Crippen LogP contribution in [-0.4, -0.2) is 15.7 Å². The zero-order valence-corrected chi connectivity index (χ0v) is 9.26. The minimum atomic E-state index is -0.223. The summed E-state index contributed by atoms with van der Waals surface area (Å²) in [6.45, 7) is 1.75. The van der Waals surface area contributed by atoms with Crippen LogP contribution in [0.1, 0.15) is 6.92 Å². The van der Waals surface area contributed by atoms with Crippen LogP contribution < -0.4 is 5.32 Å². The van der Waals surface area contributed by atoms with Gasteiger partial charge in [-0.3, -0.25) is 4.79 Å². The Kier molecular flexibility index (Phi) is 3.69. The SMILES string of the molecule is CC(Br)C(=O)Nc1ccnc(Cl)c1. The highest BCUT2D eigenvalue weighted by Crippen LogP contribution is 2.12. The molecule has 0 saturated heterocycles. The van der Waals surface area contributed by atoms with Gasteiger partial charge in [-0.15, -0.1) is 0 Å². The number of alkyl halides is 1. The van der Waals surface area contributed by atoms with Gasteiger partial charge in [0, 0.05) is 11.9 Å². The smallest absolute Gasteiger partial charge is 0.237 e. The number of carbonyl (C=O) groups is 1. The maximum absolute atomic E-state index is 11.2. The Morgan fingerprint density at radius 2 is 2.46 bits per heavy atom. The Hall–Kier alpha value is -0.610. The molecule has 0 spiro atoms. The molecule has 5 heteroatoms. The van der Waals surface area contributed by atoms with Crippen LogP contribution in [0.4, 0.5) is 5.69 Å². The molecule has 70 valence electrons. The Bertz CT molecular complexity index is 317. The number of amides is 1. The summed E-state index contributed by atoms with van der Waals surface area (Å²) in [5, 5.41) is 3.03. The number of hydrogen-bond acceptors (Lipinski definition) is 2. The van der Waals surface area contributed by atoms with Gasteiger partial charge in [-0.2, -0.15) is 0 Å². The zero-order chi connectivity index (χ0) is 9.84. The normalized spacial score (nSPS) is 12.2. The lowest BCUT2D eigenvalue weighted by Gasteiger charge is -2.05. The second-order valence-corrected chi connectivity index (χ2v) is 4.23. The van der Waals surface area contributed by atoms with E-state index in [-0.39, 0.29) is 10.7 Å². The molecule has 0 aliphatic rings. The first-order chi connectivity index (χ1) is 6.09. The van der Waals surface area contributed by atoms with E-state index in [9.17, 15) is 4.79 Å². The number of hydrogen-bond donors (Lipinski definition) is 1. The highest BCUT2D eigenvalue weighted by molar-refractivity contribution is 9.10. The van der Waals surface area contributed by atoms with Crippen molar-refractivity contribution in [2.24, 2.45) is 0 Å². The van der Waals surface area contributed by atoms with Crippen LogP contribution in [0.2, 0.25) is 5.15 Å². The second-order valence-electron chi connectivity index (χ2n) is 2.47. The number of pyridine rings is 1. The van der Waals surface area contributed by atoms with Crippen molar-refractivity contribution in [3.8, 4) is 0 Å². The monoisotopic (exact) mass is 262 g/mol. The average Bonchev–Trinajstić information content (AvgIpc) is 2.04. The van der Waals surface area contributed by atoms with Gasteiger partial charge in [-0.25, -0.2) is 4.98 Å². The van der Waals surface area contributed by atoms with Crippen LogP contribution in [0, 0.1) is 0 Å². The quantitative estimate of drug-likeness (QED) is 0.658. The van der Waals surface area contributed by atoms with E-state index in [1.165, 1.54) is 6.20 Å². The zero-order valence-electron chi connectivity index (χ0n) is 6.92. The Labute approximate surface area is 89.6 Å². The van der Waals surface area contributed by atoms with E-state index in [0.29, 0.717) is 10.8 Å². The largest absolute Gasteiger partial charge is 0.325 e. The van der Waals surface area contributed by atoms with E-state index < -0.39 is 0 Å². The fraction of sp³-hybridized carbons (Fsp3) is 0.250. The summed E-state index contributed by atoms with van der Waals surface area (Å²) >= 11 is 8.79. The molecule has 0 bridgehead atoms. The van der Waals surface area contributed by atoms with Crippen LogP contribution in [0.15, 0.2) is 18.3 Å². The lowest BCUT2D eigenvalue weighted by molar-refractivity contribution is -0.115. The maximum Gasteiger partial charge on any atom is 0.237 e. The van der Waals surface area contributed by atoms with Crippen LogP contribution in [0.3, 0.4) is 0 Å². The van der Waals surface area contributed by atoms with Gasteiger partial charge in [-0.1, -0.05) is 27.5 Å². The van der Waals surface area contributed by atoms with E-state index in [1.807, 2.05) is 0 Å². The van der Waals surface area contributed by atoms with Crippen molar-refractivity contribution in [1.82, 2.24) is 4.98 Å². The molecule has 0 aromatic carbocycles. The molecule has 13 heavy (non-hydrogen) atoms. The number of nitrogens with zero attached hydrogens (tertiary/aromatic N) is 1. The predicted octanol–water partition coefficient (Wildman–Crippen LogP) is 2.46. The second kappa shape index (κ2) is 4.58. The van der Waals surface area contributed by atoms with E-state index in [1.54, 1.807) is 19.1 Å². The van der Waals surface area contributed by atoms with Gasteiger partial charge in [0.05, 0.1) is 4.83 Å². The fourth-order valence-electron chi connectivity index (χ4n) is 0.722. The van der Waals surface area contributed by atoms with Crippen molar-refractivity contribution in [2.45, 2.75) is 11.8 Å². The molecular formula is C8H8BrClN2O. The van der Waals surface area contributed by atoms with Gasteiger partial charge >= 0.3 is 0 Å². The summed E-state index contributed by atoms with van der Waals surface area (Å²) in [5.41, 5.74) is 0.649. The summed E-state index contributed by atoms with van der Waals surface area (Å²) < 4.78 is 0. The molecule has 1 heterocycles. The number of nitrogens with one attached hydrogen (secondary N) is 1. The van der Waals surface area contributed by atoms with Gasteiger partial charge in [0.2, 0.25) is 5.91 Å². The fourth-order valence-corrected chi connectivity index (χ4v) is 1.01. The standard InChI is InChI=1S/C8H8BrClN2O/c1-5(9)8(13)12-6-2-3-11-7(10)4-6/h2-5H,1H3,(H,11,12,13). The molecule has 1 atom stereocenters. The molecule has 1 aromatic heterocycles. The molecule has 3 nitrogen and oxygen atoms in total. The van der Waals surface area contributed by atoms with Gasteiger partial charge in [-0.05, 0) is 19.1 Å². The number of carbonyl (C=O) groups excluding carboxylic acids is 1. The minimum Gasteiger partial charge on any atom is -0.325 e.